The summed E-state index contributed by atoms with van der Waals surface area (Å²) in [7, 11) is 0. The van der Waals surface area contributed by atoms with Gasteiger partial charge in [0.25, 0.3) is 0 Å². The Morgan fingerprint density at radius 2 is 2.33 bits per heavy atom. The van der Waals surface area contributed by atoms with E-state index < -0.39 is 0 Å². The topological polar surface area (TPSA) is 29.1 Å². The predicted molar refractivity (Wildman–Crippen MR) is 49.8 cm³/mol. The molecule has 0 bridgehead atoms. The highest BCUT2D eigenvalue weighted by Crippen LogP contribution is 2.23. The molecule has 12 heavy (non-hydrogen) atoms. The van der Waals surface area contributed by atoms with E-state index in [1.807, 2.05) is 0 Å². The SMILES string of the molecule is C=CC(=O)N[C@@H]1CCC[C@@H](C)C1. The first-order valence-corrected chi connectivity index (χ1v) is 4.65. The Morgan fingerprint density at radius 1 is 1.58 bits per heavy atom. The number of nitrogens with one attached hydrogen (secondary N) is 1. The molecule has 2 atom stereocenters. The molecule has 1 rings (SSSR count). The maximum Gasteiger partial charge on any atom is 0.243 e. The minimum atomic E-state index is -0.0332. The number of rotatable bonds is 2. The second kappa shape index (κ2) is 4.29. The maximum atomic E-state index is 11.0. The van der Waals surface area contributed by atoms with E-state index in [4.69, 9.17) is 0 Å². The quantitative estimate of drug-likeness (QED) is 0.625. The Balaban J connectivity index is 2.31. The zero-order valence-electron chi connectivity index (χ0n) is 7.68. The number of carbonyl (C=O) groups is 1. The first kappa shape index (κ1) is 9.30. The van der Waals surface area contributed by atoms with Crippen LogP contribution >= 0.6 is 0 Å². The van der Waals surface area contributed by atoms with Crippen LogP contribution in [0.5, 0.6) is 0 Å². The van der Waals surface area contributed by atoms with Gasteiger partial charge in [0.2, 0.25) is 5.91 Å². The third-order valence-corrected chi connectivity index (χ3v) is 2.47. The van der Waals surface area contributed by atoms with Gasteiger partial charge in [0.1, 0.15) is 0 Å². The molecule has 0 aromatic rings. The summed E-state index contributed by atoms with van der Waals surface area (Å²) >= 11 is 0. The number of amides is 1. The van der Waals surface area contributed by atoms with Gasteiger partial charge in [-0.25, -0.2) is 0 Å². The summed E-state index contributed by atoms with van der Waals surface area (Å²) in [6.45, 7) is 5.68. The molecule has 0 heterocycles. The monoisotopic (exact) mass is 167 g/mol. The summed E-state index contributed by atoms with van der Waals surface area (Å²) in [6.07, 6.45) is 6.15. The largest absolute Gasteiger partial charge is 0.350 e. The van der Waals surface area contributed by atoms with Crippen molar-refractivity contribution in [2.45, 2.75) is 38.6 Å². The van der Waals surface area contributed by atoms with Crippen molar-refractivity contribution < 1.29 is 4.79 Å². The standard InChI is InChI=1S/C10H17NO/c1-3-10(12)11-9-6-4-5-8(2)7-9/h3,8-9H,1,4-7H2,2H3,(H,11,12)/t8-,9-/m1/s1. The maximum absolute atomic E-state index is 11.0. The molecule has 68 valence electrons. The molecule has 1 aliphatic carbocycles. The third-order valence-electron chi connectivity index (χ3n) is 2.47. The molecule has 1 aliphatic rings. The van der Waals surface area contributed by atoms with Crippen molar-refractivity contribution in [3.05, 3.63) is 12.7 Å². The molecule has 2 heteroatoms. The summed E-state index contributed by atoms with van der Waals surface area (Å²) in [5.41, 5.74) is 0. The van der Waals surface area contributed by atoms with Crippen LogP contribution in [-0.2, 0) is 4.79 Å². The average molecular weight is 167 g/mol. The Bertz CT molecular complexity index is 177. The Labute approximate surface area is 74.0 Å². The molecule has 1 amide bonds. The van der Waals surface area contributed by atoms with Crippen molar-refractivity contribution in [3.63, 3.8) is 0 Å². The normalized spacial score (nSPS) is 29.4. The number of hydrogen-bond acceptors (Lipinski definition) is 1. The van der Waals surface area contributed by atoms with Gasteiger partial charge >= 0.3 is 0 Å². The molecular formula is C10H17NO. The number of hydrogen-bond donors (Lipinski definition) is 1. The third kappa shape index (κ3) is 2.68. The lowest BCUT2D eigenvalue weighted by Crippen LogP contribution is -2.36. The van der Waals surface area contributed by atoms with Crippen LogP contribution in [0.4, 0.5) is 0 Å². The molecule has 0 aliphatic heterocycles. The summed E-state index contributed by atoms with van der Waals surface area (Å²) < 4.78 is 0. The highest BCUT2D eigenvalue weighted by molar-refractivity contribution is 5.87. The summed E-state index contributed by atoms with van der Waals surface area (Å²) in [6, 6.07) is 0.388. The molecule has 0 unspecified atom stereocenters. The summed E-state index contributed by atoms with van der Waals surface area (Å²) in [4.78, 5) is 11.0. The highest BCUT2D eigenvalue weighted by Gasteiger charge is 2.19. The van der Waals surface area contributed by atoms with Crippen molar-refractivity contribution >= 4 is 5.91 Å². The molecular weight excluding hydrogens is 150 g/mol. The van der Waals surface area contributed by atoms with Gasteiger partial charge < -0.3 is 5.32 Å². The molecule has 0 radical (unpaired) electrons. The Kier molecular flexibility index (Phi) is 3.32. The Morgan fingerprint density at radius 3 is 2.92 bits per heavy atom. The van der Waals surface area contributed by atoms with Crippen molar-refractivity contribution in [2.24, 2.45) is 5.92 Å². The van der Waals surface area contributed by atoms with Crippen molar-refractivity contribution in [2.75, 3.05) is 0 Å². The van der Waals surface area contributed by atoms with Crippen LogP contribution in [0.3, 0.4) is 0 Å². The molecule has 0 saturated heterocycles. The van der Waals surface area contributed by atoms with Crippen molar-refractivity contribution in [1.82, 2.24) is 5.32 Å². The van der Waals surface area contributed by atoms with Crippen LogP contribution < -0.4 is 5.32 Å². The second-order valence-electron chi connectivity index (χ2n) is 3.68. The van der Waals surface area contributed by atoms with E-state index in [2.05, 4.69) is 18.8 Å². The van der Waals surface area contributed by atoms with Crippen LogP contribution in [0, 0.1) is 5.92 Å². The van der Waals surface area contributed by atoms with E-state index >= 15 is 0 Å². The van der Waals surface area contributed by atoms with Gasteiger partial charge in [-0.05, 0) is 24.8 Å². The van der Waals surface area contributed by atoms with Crippen molar-refractivity contribution in [1.29, 1.82) is 0 Å². The van der Waals surface area contributed by atoms with E-state index in [0.717, 1.165) is 18.8 Å². The smallest absolute Gasteiger partial charge is 0.243 e. The van der Waals surface area contributed by atoms with Crippen molar-refractivity contribution in [3.8, 4) is 0 Å². The van der Waals surface area contributed by atoms with Gasteiger partial charge in [-0.3, -0.25) is 4.79 Å². The second-order valence-corrected chi connectivity index (χ2v) is 3.68. The molecule has 2 nitrogen and oxygen atoms in total. The molecule has 0 aromatic heterocycles. The van der Waals surface area contributed by atoms with E-state index in [1.54, 1.807) is 0 Å². The van der Waals surface area contributed by atoms with Gasteiger partial charge in [0, 0.05) is 6.04 Å². The van der Waals surface area contributed by atoms with Crippen LogP contribution in [-0.4, -0.2) is 11.9 Å². The van der Waals surface area contributed by atoms with E-state index in [0.29, 0.717) is 6.04 Å². The van der Waals surface area contributed by atoms with Gasteiger partial charge in [-0.1, -0.05) is 26.3 Å². The van der Waals surface area contributed by atoms with Crippen LogP contribution in [0.15, 0.2) is 12.7 Å². The van der Waals surface area contributed by atoms with Crippen LogP contribution in [0.25, 0.3) is 0 Å². The molecule has 0 spiro atoms. The minimum absolute atomic E-state index is 0.0332. The van der Waals surface area contributed by atoms with Gasteiger partial charge in [-0.15, -0.1) is 0 Å². The lowest BCUT2D eigenvalue weighted by atomic mass is 9.87. The lowest BCUT2D eigenvalue weighted by molar-refractivity contribution is -0.117. The summed E-state index contributed by atoms with van der Waals surface area (Å²) in [5, 5.41) is 2.94. The van der Waals surface area contributed by atoms with Crippen LogP contribution in [0.1, 0.15) is 32.6 Å². The molecule has 1 N–H and O–H groups in total. The average Bonchev–Trinajstić information content (AvgIpc) is 2.04. The zero-order chi connectivity index (χ0) is 8.97. The minimum Gasteiger partial charge on any atom is -0.350 e. The van der Waals surface area contributed by atoms with E-state index in [1.165, 1.54) is 18.9 Å². The fourth-order valence-corrected chi connectivity index (χ4v) is 1.83. The zero-order valence-corrected chi connectivity index (χ0v) is 7.68. The van der Waals surface area contributed by atoms with Gasteiger partial charge in [-0.2, -0.15) is 0 Å². The number of carbonyl (C=O) groups excluding carboxylic acids is 1. The van der Waals surface area contributed by atoms with Gasteiger partial charge in [0.05, 0.1) is 0 Å². The lowest BCUT2D eigenvalue weighted by Gasteiger charge is -2.26. The fraction of sp³-hybridized carbons (Fsp3) is 0.700. The summed E-state index contributed by atoms with van der Waals surface area (Å²) in [5.74, 6) is 0.725. The predicted octanol–water partition coefficient (Wildman–Crippen LogP) is 1.87. The van der Waals surface area contributed by atoms with E-state index in [-0.39, 0.29) is 5.91 Å². The Hall–Kier alpha value is -0.790. The first-order valence-electron chi connectivity index (χ1n) is 4.65. The van der Waals surface area contributed by atoms with E-state index in [9.17, 15) is 4.79 Å². The first-order chi connectivity index (χ1) is 5.72. The van der Waals surface area contributed by atoms with Crippen LogP contribution in [0.2, 0.25) is 0 Å². The fourth-order valence-electron chi connectivity index (χ4n) is 1.83. The van der Waals surface area contributed by atoms with Gasteiger partial charge in [0.15, 0.2) is 0 Å². The molecule has 1 saturated carbocycles. The highest BCUT2D eigenvalue weighted by atomic mass is 16.1. The molecule has 1 fully saturated rings. The molecule has 0 aromatic carbocycles.